The molecule has 0 amide bonds. The molecule has 21 heavy (non-hydrogen) atoms. The number of aromatic nitrogens is 4. The molecule has 0 unspecified atom stereocenters. The van der Waals surface area contributed by atoms with Gasteiger partial charge in [0, 0.05) is 40.7 Å². The zero-order valence-corrected chi connectivity index (χ0v) is 11.2. The molecule has 0 saturated carbocycles. The Bertz CT molecular complexity index is 897. The number of hydrogen-bond acceptors (Lipinski definition) is 3. The van der Waals surface area contributed by atoms with Gasteiger partial charge in [-0.05, 0) is 18.2 Å². The summed E-state index contributed by atoms with van der Waals surface area (Å²) in [5.41, 5.74) is 5.05. The second-order valence-electron chi connectivity index (χ2n) is 4.80. The first-order valence-electron chi connectivity index (χ1n) is 6.71. The lowest BCUT2D eigenvalue weighted by Crippen LogP contribution is -1.88. The van der Waals surface area contributed by atoms with Crippen LogP contribution in [-0.4, -0.2) is 20.2 Å². The SMILES string of the molecule is c1cnc(-c2ccc3cccnc3c2)c(-c2cn[nH]c2)c1. The minimum Gasteiger partial charge on any atom is -0.285 e. The number of aromatic amines is 1. The summed E-state index contributed by atoms with van der Waals surface area (Å²) in [7, 11) is 0. The van der Waals surface area contributed by atoms with Crippen LogP contribution in [0.3, 0.4) is 0 Å². The fourth-order valence-electron chi connectivity index (χ4n) is 2.48. The molecule has 0 fully saturated rings. The molecule has 3 heterocycles. The molecule has 0 saturated heterocycles. The van der Waals surface area contributed by atoms with Crippen molar-refractivity contribution in [2.45, 2.75) is 0 Å². The van der Waals surface area contributed by atoms with Crippen molar-refractivity contribution in [3.63, 3.8) is 0 Å². The number of rotatable bonds is 2. The highest BCUT2D eigenvalue weighted by Crippen LogP contribution is 2.30. The molecule has 4 aromatic rings. The lowest BCUT2D eigenvalue weighted by atomic mass is 10.0. The second-order valence-corrected chi connectivity index (χ2v) is 4.80. The molecule has 0 atom stereocenters. The van der Waals surface area contributed by atoms with Gasteiger partial charge in [0.05, 0.1) is 17.4 Å². The number of pyridine rings is 2. The van der Waals surface area contributed by atoms with Gasteiger partial charge < -0.3 is 0 Å². The van der Waals surface area contributed by atoms with Gasteiger partial charge >= 0.3 is 0 Å². The molecule has 4 heteroatoms. The van der Waals surface area contributed by atoms with Crippen LogP contribution < -0.4 is 0 Å². The summed E-state index contributed by atoms with van der Waals surface area (Å²) >= 11 is 0. The van der Waals surface area contributed by atoms with E-state index in [4.69, 9.17) is 0 Å². The molecule has 100 valence electrons. The van der Waals surface area contributed by atoms with Crippen LogP contribution in [0.4, 0.5) is 0 Å². The van der Waals surface area contributed by atoms with Crippen LogP contribution in [0.5, 0.6) is 0 Å². The zero-order valence-electron chi connectivity index (χ0n) is 11.2. The van der Waals surface area contributed by atoms with Crippen LogP contribution in [0.2, 0.25) is 0 Å². The Morgan fingerprint density at radius 1 is 0.857 bits per heavy atom. The number of fused-ring (bicyclic) bond motifs is 1. The Labute approximate surface area is 121 Å². The maximum absolute atomic E-state index is 4.54. The van der Waals surface area contributed by atoms with Crippen molar-refractivity contribution in [2.75, 3.05) is 0 Å². The third-order valence-electron chi connectivity index (χ3n) is 3.50. The van der Waals surface area contributed by atoms with Crippen LogP contribution in [0.15, 0.2) is 67.3 Å². The van der Waals surface area contributed by atoms with E-state index in [1.807, 2.05) is 30.7 Å². The number of benzene rings is 1. The Hall–Kier alpha value is -3.01. The number of hydrogen-bond donors (Lipinski definition) is 1. The first-order valence-corrected chi connectivity index (χ1v) is 6.71. The number of nitrogens with one attached hydrogen (secondary N) is 1. The number of H-pyrrole nitrogens is 1. The van der Waals surface area contributed by atoms with Gasteiger partial charge in [-0.25, -0.2) is 0 Å². The molecular weight excluding hydrogens is 260 g/mol. The Kier molecular flexibility index (Phi) is 2.71. The Morgan fingerprint density at radius 2 is 1.76 bits per heavy atom. The molecule has 0 aliphatic heterocycles. The normalized spacial score (nSPS) is 10.9. The van der Waals surface area contributed by atoms with Crippen LogP contribution in [0.25, 0.3) is 33.3 Å². The summed E-state index contributed by atoms with van der Waals surface area (Å²) in [6.07, 6.45) is 7.29. The van der Waals surface area contributed by atoms with Gasteiger partial charge in [0.15, 0.2) is 0 Å². The molecule has 0 bridgehead atoms. The predicted octanol–water partition coefficient (Wildman–Crippen LogP) is 3.69. The highest BCUT2D eigenvalue weighted by Gasteiger charge is 2.09. The molecular formula is C17H12N4. The molecule has 0 radical (unpaired) electrons. The highest BCUT2D eigenvalue weighted by molar-refractivity contribution is 5.87. The van der Waals surface area contributed by atoms with E-state index >= 15 is 0 Å². The van der Waals surface area contributed by atoms with E-state index in [1.165, 1.54) is 0 Å². The van der Waals surface area contributed by atoms with E-state index in [0.29, 0.717) is 0 Å². The van der Waals surface area contributed by atoms with Crippen LogP contribution in [0.1, 0.15) is 0 Å². The van der Waals surface area contributed by atoms with Gasteiger partial charge in [-0.3, -0.25) is 15.1 Å². The van der Waals surface area contributed by atoms with E-state index in [-0.39, 0.29) is 0 Å². The number of nitrogens with zero attached hydrogens (tertiary/aromatic N) is 3. The van der Waals surface area contributed by atoms with Gasteiger partial charge in [-0.1, -0.05) is 24.3 Å². The van der Waals surface area contributed by atoms with E-state index in [9.17, 15) is 0 Å². The highest BCUT2D eigenvalue weighted by atomic mass is 15.1. The summed E-state index contributed by atoms with van der Waals surface area (Å²) in [5, 5.41) is 7.99. The van der Waals surface area contributed by atoms with Gasteiger partial charge in [-0.15, -0.1) is 0 Å². The molecule has 1 aromatic carbocycles. The van der Waals surface area contributed by atoms with Gasteiger partial charge in [0.1, 0.15) is 0 Å². The topological polar surface area (TPSA) is 54.5 Å². The van der Waals surface area contributed by atoms with E-state index in [0.717, 1.165) is 33.3 Å². The predicted molar refractivity (Wildman–Crippen MR) is 82.6 cm³/mol. The van der Waals surface area contributed by atoms with E-state index in [1.54, 1.807) is 6.20 Å². The standard InChI is InChI=1S/C17H12N4/c1-3-12-5-6-13(9-16(12)18-7-1)17-15(4-2-8-19-17)14-10-20-21-11-14/h1-11H,(H,20,21). The minimum atomic E-state index is 0.937. The molecule has 0 spiro atoms. The monoisotopic (exact) mass is 272 g/mol. The average molecular weight is 272 g/mol. The van der Waals surface area contributed by atoms with Crippen molar-refractivity contribution in [1.29, 1.82) is 0 Å². The second kappa shape index (κ2) is 4.83. The molecule has 0 aliphatic rings. The quantitative estimate of drug-likeness (QED) is 0.605. The van der Waals surface area contributed by atoms with Crippen molar-refractivity contribution in [2.24, 2.45) is 0 Å². The molecule has 4 nitrogen and oxygen atoms in total. The van der Waals surface area contributed by atoms with Gasteiger partial charge in [0.2, 0.25) is 0 Å². The average Bonchev–Trinajstić information content (AvgIpc) is 3.09. The summed E-state index contributed by atoms with van der Waals surface area (Å²) in [6.45, 7) is 0. The lowest BCUT2D eigenvalue weighted by Gasteiger charge is -2.07. The van der Waals surface area contributed by atoms with Crippen molar-refractivity contribution >= 4 is 10.9 Å². The Morgan fingerprint density at radius 3 is 2.67 bits per heavy atom. The first kappa shape index (κ1) is 11.8. The van der Waals surface area contributed by atoms with Crippen molar-refractivity contribution in [3.8, 4) is 22.4 Å². The molecule has 3 aromatic heterocycles. The molecule has 0 aliphatic carbocycles. The summed E-state index contributed by atoms with van der Waals surface area (Å²) in [4.78, 5) is 8.96. The van der Waals surface area contributed by atoms with Crippen LogP contribution in [-0.2, 0) is 0 Å². The Balaban J connectivity index is 1.93. The zero-order chi connectivity index (χ0) is 14.1. The van der Waals surface area contributed by atoms with Crippen LogP contribution >= 0.6 is 0 Å². The smallest absolute Gasteiger partial charge is 0.0782 e. The van der Waals surface area contributed by atoms with Gasteiger partial charge in [0.25, 0.3) is 0 Å². The maximum atomic E-state index is 4.54. The summed E-state index contributed by atoms with van der Waals surface area (Å²) < 4.78 is 0. The van der Waals surface area contributed by atoms with Crippen molar-refractivity contribution in [1.82, 2.24) is 20.2 Å². The third-order valence-corrected chi connectivity index (χ3v) is 3.50. The first-order chi connectivity index (χ1) is 10.4. The third kappa shape index (κ3) is 2.07. The van der Waals surface area contributed by atoms with Crippen LogP contribution in [0, 0.1) is 0 Å². The van der Waals surface area contributed by atoms with Crippen molar-refractivity contribution < 1.29 is 0 Å². The maximum Gasteiger partial charge on any atom is 0.0782 e. The van der Waals surface area contributed by atoms with E-state index < -0.39 is 0 Å². The molecule has 1 N–H and O–H groups in total. The summed E-state index contributed by atoms with van der Waals surface area (Å²) in [6, 6.07) is 14.2. The lowest BCUT2D eigenvalue weighted by molar-refractivity contribution is 1.09. The fourth-order valence-corrected chi connectivity index (χ4v) is 2.48. The molecule has 4 rings (SSSR count). The van der Waals surface area contributed by atoms with E-state index in [2.05, 4.69) is 50.5 Å². The summed E-state index contributed by atoms with van der Waals surface area (Å²) in [5.74, 6) is 0. The minimum absolute atomic E-state index is 0.937. The fraction of sp³-hybridized carbons (Fsp3) is 0. The van der Waals surface area contributed by atoms with Crippen molar-refractivity contribution in [3.05, 3.63) is 67.3 Å². The van der Waals surface area contributed by atoms with Gasteiger partial charge in [-0.2, -0.15) is 5.10 Å². The largest absolute Gasteiger partial charge is 0.285 e.